The van der Waals surface area contributed by atoms with Crippen molar-refractivity contribution >= 4 is 29.1 Å². The van der Waals surface area contributed by atoms with E-state index < -0.39 is 6.04 Å². The van der Waals surface area contributed by atoms with Crippen LogP contribution >= 0.6 is 11.6 Å². The van der Waals surface area contributed by atoms with Gasteiger partial charge in [-0.2, -0.15) is 0 Å². The van der Waals surface area contributed by atoms with E-state index in [0.717, 1.165) is 0 Å². The first-order valence-electron chi connectivity index (χ1n) is 8.04. The minimum Gasteiger partial charge on any atom is -0.496 e. The fourth-order valence-corrected chi connectivity index (χ4v) is 3.27. The molecule has 5 nitrogen and oxygen atoms in total. The SMILES string of the molecule is COc1ccccc1C(=O)N1CCN(c2ccccc2Cl)C(=O)[C@H]1C. The highest BCUT2D eigenvalue weighted by Crippen LogP contribution is 2.29. The van der Waals surface area contributed by atoms with E-state index in [2.05, 4.69) is 0 Å². The van der Waals surface area contributed by atoms with Crippen LogP contribution in [0.25, 0.3) is 0 Å². The molecular weight excluding hydrogens is 340 g/mol. The normalized spacial score (nSPS) is 17.6. The number of para-hydroxylation sites is 2. The molecule has 0 bridgehead atoms. The van der Waals surface area contributed by atoms with Crippen molar-refractivity contribution in [1.82, 2.24) is 4.90 Å². The first-order valence-corrected chi connectivity index (χ1v) is 8.42. The van der Waals surface area contributed by atoms with Crippen LogP contribution in [-0.4, -0.2) is 43.0 Å². The minimum absolute atomic E-state index is 0.150. The lowest BCUT2D eigenvalue weighted by Crippen LogP contribution is -2.57. The summed E-state index contributed by atoms with van der Waals surface area (Å²) in [4.78, 5) is 28.9. The fourth-order valence-electron chi connectivity index (χ4n) is 3.03. The van der Waals surface area contributed by atoms with E-state index in [1.807, 2.05) is 18.2 Å². The molecule has 0 saturated carbocycles. The third-order valence-electron chi connectivity index (χ3n) is 4.40. The van der Waals surface area contributed by atoms with E-state index >= 15 is 0 Å². The zero-order valence-electron chi connectivity index (χ0n) is 14.1. The summed E-state index contributed by atoms with van der Waals surface area (Å²) in [6.07, 6.45) is 0. The zero-order valence-corrected chi connectivity index (χ0v) is 14.9. The predicted octanol–water partition coefficient (Wildman–Crippen LogP) is 3.23. The average molecular weight is 359 g/mol. The summed E-state index contributed by atoms with van der Waals surface area (Å²) >= 11 is 6.21. The first-order chi connectivity index (χ1) is 12.0. The van der Waals surface area contributed by atoms with Gasteiger partial charge in [-0.25, -0.2) is 0 Å². The smallest absolute Gasteiger partial charge is 0.258 e. The Morgan fingerprint density at radius 2 is 1.80 bits per heavy atom. The van der Waals surface area contributed by atoms with E-state index in [0.29, 0.717) is 35.1 Å². The van der Waals surface area contributed by atoms with Gasteiger partial charge in [-0.1, -0.05) is 35.9 Å². The average Bonchev–Trinajstić information content (AvgIpc) is 2.64. The largest absolute Gasteiger partial charge is 0.496 e. The second-order valence-electron chi connectivity index (χ2n) is 5.82. The van der Waals surface area contributed by atoms with Crippen LogP contribution in [0.4, 0.5) is 5.69 Å². The zero-order chi connectivity index (χ0) is 18.0. The van der Waals surface area contributed by atoms with Gasteiger partial charge in [0.25, 0.3) is 5.91 Å². The van der Waals surface area contributed by atoms with Gasteiger partial charge < -0.3 is 14.5 Å². The van der Waals surface area contributed by atoms with Crippen LogP contribution in [-0.2, 0) is 4.79 Å². The van der Waals surface area contributed by atoms with Gasteiger partial charge in [0.05, 0.1) is 23.4 Å². The van der Waals surface area contributed by atoms with Crippen molar-refractivity contribution in [1.29, 1.82) is 0 Å². The Kier molecular flexibility index (Phi) is 4.95. The van der Waals surface area contributed by atoms with Gasteiger partial charge in [0.15, 0.2) is 0 Å². The molecule has 0 aromatic heterocycles. The molecule has 130 valence electrons. The number of ether oxygens (including phenoxy) is 1. The van der Waals surface area contributed by atoms with Gasteiger partial charge in [0.2, 0.25) is 5.91 Å². The third kappa shape index (κ3) is 3.20. The van der Waals surface area contributed by atoms with Crippen molar-refractivity contribution in [2.24, 2.45) is 0 Å². The van der Waals surface area contributed by atoms with E-state index in [9.17, 15) is 9.59 Å². The number of amides is 2. The monoisotopic (exact) mass is 358 g/mol. The summed E-state index contributed by atoms with van der Waals surface area (Å²) in [5.41, 5.74) is 1.13. The highest BCUT2D eigenvalue weighted by molar-refractivity contribution is 6.33. The number of halogens is 1. The maximum absolute atomic E-state index is 12.9. The number of anilines is 1. The van der Waals surface area contributed by atoms with E-state index in [1.54, 1.807) is 47.1 Å². The summed E-state index contributed by atoms with van der Waals surface area (Å²) in [5.74, 6) is 0.139. The maximum atomic E-state index is 12.9. The van der Waals surface area contributed by atoms with E-state index in [4.69, 9.17) is 16.3 Å². The Morgan fingerprint density at radius 1 is 1.12 bits per heavy atom. The summed E-state index contributed by atoms with van der Waals surface area (Å²) in [5, 5.41) is 0.521. The molecule has 0 spiro atoms. The fraction of sp³-hybridized carbons (Fsp3) is 0.263. The molecule has 1 saturated heterocycles. The molecule has 0 unspecified atom stereocenters. The number of rotatable bonds is 3. The van der Waals surface area contributed by atoms with Gasteiger partial charge >= 0.3 is 0 Å². The Labute approximate surface area is 151 Å². The van der Waals surface area contributed by atoms with Crippen molar-refractivity contribution in [2.75, 3.05) is 25.1 Å². The molecule has 1 fully saturated rings. The molecule has 1 atom stereocenters. The summed E-state index contributed by atoms with van der Waals surface area (Å²) < 4.78 is 5.27. The first kappa shape index (κ1) is 17.3. The number of benzene rings is 2. The van der Waals surface area contributed by atoms with Crippen LogP contribution in [0.2, 0.25) is 5.02 Å². The van der Waals surface area contributed by atoms with Crippen molar-refractivity contribution < 1.29 is 14.3 Å². The quantitative estimate of drug-likeness (QED) is 0.846. The Bertz CT molecular complexity index is 809. The van der Waals surface area contributed by atoms with Crippen LogP contribution in [0.1, 0.15) is 17.3 Å². The molecule has 3 rings (SSSR count). The Hall–Kier alpha value is -2.53. The number of hydrogen-bond acceptors (Lipinski definition) is 3. The predicted molar refractivity (Wildman–Crippen MR) is 97.3 cm³/mol. The van der Waals surface area contributed by atoms with Crippen molar-refractivity contribution in [3.05, 3.63) is 59.1 Å². The lowest BCUT2D eigenvalue weighted by Gasteiger charge is -2.39. The van der Waals surface area contributed by atoms with Crippen LogP contribution < -0.4 is 9.64 Å². The second-order valence-corrected chi connectivity index (χ2v) is 6.22. The number of carbonyl (C=O) groups is 2. The van der Waals surface area contributed by atoms with Crippen molar-refractivity contribution in [2.45, 2.75) is 13.0 Å². The maximum Gasteiger partial charge on any atom is 0.258 e. The molecule has 25 heavy (non-hydrogen) atoms. The number of carbonyl (C=O) groups excluding carboxylic acids is 2. The highest BCUT2D eigenvalue weighted by atomic mass is 35.5. The molecule has 2 aromatic carbocycles. The molecule has 1 heterocycles. The molecular formula is C19H19ClN2O3. The lowest BCUT2D eigenvalue weighted by molar-refractivity contribution is -0.124. The summed E-state index contributed by atoms with van der Waals surface area (Å²) in [7, 11) is 1.52. The number of piperazine rings is 1. The minimum atomic E-state index is -0.581. The van der Waals surface area contributed by atoms with Gasteiger partial charge in [-0.05, 0) is 31.2 Å². The Balaban J connectivity index is 1.85. The summed E-state index contributed by atoms with van der Waals surface area (Å²) in [6.45, 7) is 2.56. The standard InChI is InChI=1S/C19H19ClN2O3/c1-13-18(23)22(16-9-5-4-8-15(16)20)12-11-21(13)19(24)14-7-3-6-10-17(14)25-2/h3-10,13H,11-12H2,1-2H3/t13-/m1/s1. The van der Waals surface area contributed by atoms with Gasteiger partial charge in [0.1, 0.15) is 11.8 Å². The molecule has 6 heteroatoms. The van der Waals surface area contributed by atoms with Crippen molar-refractivity contribution in [3.63, 3.8) is 0 Å². The highest BCUT2D eigenvalue weighted by Gasteiger charge is 2.36. The van der Waals surface area contributed by atoms with Gasteiger partial charge in [-0.15, -0.1) is 0 Å². The summed E-state index contributed by atoms with van der Waals surface area (Å²) in [6, 6.07) is 13.7. The second kappa shape index (κ2) is 7.15. The van der Waals surface area contributed by atoms with Crippen LogP contribution in [0, 0.1) is 0 Å². The van der Waals surface area contributed by atoms with Gasteiger partial charge in [0, 0.05) is 13.1 Å². The molecule has 0 aliphatic carbocycles. The number of methoxy groups -OCH3 is 1. The molecule has 1 aliphatic rings. The van der Waals surface area contributed by atoms with E-state index in [1.165, 1.54) is 7.11 Å². The van der Waals surface area contributed by atoms with Gasteiger partial charge in [-0.3, -0.25) is 9.59 Å². The molecule has 0 N–H and O–H groups in total. The Morgan fingerprint density at radius 3 is 2.52 bits per heavy atom. The molecule has 2 amide bonds. The lowest BCUT2D eigenvalue weighted by atomic mass is 10.1. The van der Waals surface area contributed by atoms with E-state index in [-0.39, 0.29) is 11.8 Å². The molecule has 2 aromatic rings. The molecule has 0 radical (unpaired) electrons. The topological polar surface area (TPSA) is 49.9 Å². The van der Waals surface area contributed by atoms with Crippen LogP contribution in [0.15, 0.2) is 48.5 Å². The third-order valence-corrected chi connectivity index (χ3v) is 4.72. The van der Waals surface area contributed by atoms with Crippen LogP contribution in [0.3, 0.4) is 0 Å². The van der Waals surface area contributed by atoms with Crippen LogP contribution in [0.5, 0.6) is 5.75 Å². The number of hydrogen-bond donors (Lipinski definition) is 0. The van der Waals surface area contributed by atoms with Crippen molar-refractivity contribution in [3.8, 4) is 5.75 Å². The molecule has 1 aliphatic heterocycles. The number of nitrogens with zero attached hydrogens (tertiary/aromatic N) is 2.